The average Bonchev–Trinajstić information content (AvgIpc) is 3.14. The van der Waals surface area contributed by atoms with E-state index < -0.39 is 0 Å². The fourth-order valence-corrected chi connectivity index (χ4v) is 4.29. The molecular weight excluding hydrogens is 326 g/mol. The SMILES string of the molecule is CC(C)c1nnc(CN(C)C[C@@H]2CCCN(C)[C@H]2c2cncn2C)n1C. The fourth-order valence-electron chi connectivity index (χ4n) is 4.29. The molecule has 7 heteroatoms. The lowest BCUT2D eigenvalue weighted by atomic mass is 9.87. The van der Waals surface area contributed by atoms with Gasteiger partial charge in [-0.2, -0.15) is 0 Å². The predicted octanol–water partition coefficient (Wildman–Crippen LogP) is 2.19. The zero-order valence-electron chi connectivity index (χ0n) is 17.1. The van der Waals surface area contributed by atoms with Gasteiger partial charge in [0.15, 0.2) is 0 Å². The van der Waals surface area contributed by atoms with Gasteiger partial charge in [0, 0.05) is 32.8 Å². The van der Waals surface area contributed by atoms with E-state index in [1.807, 2.05) is 12.5 Å². The quantitative estimate of drug-likeness (QED) is 0.791. The molecule has 0 N–H and O–H groups in total. The van der Waals surface area contributed by atoms with Gasteiger partial charge in [-0.15, -0.1) is 10.2 Å². The molecule has 0 radical (unpaired) electrons. The van der Waals surface area contributed by atoms with Crippen molar-refractivity contribution in [2.24, 2.45) is 20.0 Å². The molecule has 0 bridgehead atoms. The van der Waals surface area contributed by atoms with E-state index in [1.54, 1.807) is 0 Å². The minimum Gasteiger partial charge on any atom is -0.336 e. The Balaban J connectivity index is 1.71. The van der Waals surface area contributed by atoms with E-state index in [1.165, 1.54) is 18.5 Å². The van der Waals surface area contributed by atoms with E-state index in [0.717, 1.165) is 31.3 Å². The Labute approximate surface area is 157 Å². The Morgan fingerprint density at radius 1 is 1.23 bits per heavy atom. The molecule has 0 amide bonds. The molecule has 1 saturated heterocycles. The zero-order valence-corrected chi connectivity index (χ0v) is 17.1. The van der Waals surface area contributed by atoms with Crippen LogP contribution in [0.1, 0.15) is 56.0 Å². The maximum Gasteiger partial charge on any atom is 0.146 e. The third-order valence-corrected chi connectivity index (χ3v) is 5.64. The van der Waals surface area contributed by atoms with Crippen LogP contribution in [0.4, 0.5) is 0 Å². The molecule has 3 heterocycles. The van der Waals surface area contributed by atoms with E-state index in [9.17, 15) is 0 Å². The summed E-state index contributed by atoms with van der Waals surface area (Å²) >= 11 is 0. The van der Waals surface area contributed by atoms with E-state index in [2.05, 4.69) is 76.2 Å². The highest BCUT2D eigenvalue weighted by atomic mass is 15.3. The largest absolute Gasteiger partial charge is 0.336 e. The van der Waals surface area contributed by atoms with Crippen LogP contribution < -0.4 is 0 Å². The summed E-state index contributed by atoms with van der Waals surface area (Å²) in [5.74, 6) is 3.08. The zero-order chi connectivity index (χ0) is 18.8. The highest BCUT2D eigenvalue weighted by molar-refractivity contribution is 5.09. The van der Waals surface area contributed by atoms with E-state index in [0.29, 0.717) is 17.9 Å². The fraction of sp³-hybridized carbons (Fsp3) is 0.737. The first-order chi connectivity index (χ1) is 12.4. The molecule has 1 aliphatic rings. The summed E-state index contributed by atoms with van der Waals surface area (Å²) in [6.45, 7) is 7.34. The second kappa shape index (κ2) is 7.88. The van der Waals surface area contributed by atoms with Crippen molar-refractivity contribution in [3.8, 4) is 0 Å². The summed E-state index contributed by atoms with van der Waals surface area (Å²) in [4.78, 5) is 9.22. The Kier molecular flexibility index (Phi) is 5.77. The number of nitrogens with zero attached hydrogens (tertiary/aromatic N) is 7. The van der Waals surface area contributed by atoms with Crippen molar-refractivity contribution < 1.29 is 0 Å². The Morgan fingerprint density at radius 2 is 2.00 bits per heavy atom. The first kappa shape index (κ1) is 19.0. The Hall–Kier alpha value is -1.73. The molecule has 26 heavy (non-hydrogen) atoms. The maximum atomic E-state index is 4.41. The number of aryl methyl sites for hydroxylation is 1. The van der Waals surface area contributed by atoms with Gasteiger partial charge in [-0.25, -0.2) is 4.98 Å². The van der Waals surface area contributed by atoms with Crippen LogP contribution in [-0.2, 0) is 20.6 Å². The smallest absolute Gasteiger partial charge is 0.146 e. The number of hydrogen-bond donors (Lipinski definition) is 0. The van der Waals surface area contributed by atoms with Gasteiger partial charge in [0.2, 0.25) is 0 Å². The van der Waals surface area contributed by atoms with Crippen LogP contribution in [0.2, 0.25) is 0 Å². The second-order valence-electron chi connectivity index (χ2n) is 8.14. The molecule has 1 aliphatic heterocycles. The normalized spacial score (nSPS) is 21.8. The van der Waals surface area contributed by atoms with Crippen LogP contribution in [0.3, 0.4) is 0 Å². The monoisotopic (exact) mass is 359 g/mol. The lowest BCUT2D eigenvalue weighted by Crippen LogP contribution is -2.41. The molecule has 0 unspecified atom stereocenters. The van der Waals surface area contributed by atoms with Gasteiger partial charge in [0.05, 0.1) is 24.6 Å². The second-order valence-corrected chi connectivity index (χ2v) is 8.14. The predicted molar refractivity (Wildman–Crippen MR) is 103 cm³/mol. The van der Waals surface area contributed by atoms with E-state index >= 15 is 0 Å². The van der Waals surface area contributed by atoms with Gasteiger partial charge in [0.1, 0.15) is 11.6 Å². The highest BCUT2D eigenvalue weighted by Gasteiger charge is 2.33. The first-order valence-corrected chi connectivity index (χ1v) is 9.61. The number of piperidine rings is 1. The van der Waals surface area contributed by atoms with Gasteiger partial charge in [-0.3, -0.25) is 9.80 Å². The molecule has 3 rings (SSSR count). The molecule has 0 saturated carbocycles. The Bertz CT molecular complexity index is 717. The van der Waals surface area contributed by atoms with Crippen molar-refractivity contribution in [2.75, 3.05) is 27.2 Å². The molecule has 0 spiro atoms. The number of rotatable bonds is 6. The standard InChI is InChI=1S/C19H33N7/c1-14(2)19-22-21-17(26(19)6)12-23(3)11-15-8-7-9-24(4)18(15)16-10-20-13-25(16)5/h10,13-15,18H,7-9,11-12H2,1-6H3/t15-,18+/m0/s1. The van der Waals surface area contributed by atoms with Gasteiger partial charge < -0.3 is 9.13 Å². The number of imidazole rings is 1. The summed E-state index contributed by atoms with van der Waals surface area (Å²) in [7, 11) is 8.60. The minimum atomic E-state index is 0.396. The van der Waals surface area contributed by atoms with Gasteiger partial charge >= 0.3 is 0 Å². The molecule has 2 atom stereocenters. The van der Waals surface area contributed by atoms with Crippen LogP contribution in [0, 0.1) is 5.92 Å². The molecule has 0 aliphatic carbocycles. The lowest BCUT2D eigenvalue weighted by molar-refractivity contribution is 0.0871. The van der Waals surface area contributed by atoms with Crippen molar-refractivity contribution in [1.29, 1.82) is 0 Å². The van der Waals surface area contributed by atoms with Gasteiger partial charge in [-0.05, 0) is 39.4 Å². The first-order valence-electron chi connectivity index (χ1n) is 9.61. The van der Waals surface area contributed by atoms with Crippen LogP contribution in [0.25, 0.3) is 0 Å². The summed E-state index contributed by atoms with van der Waals surface area (Å²) in [5, 5.41) is 8.78. The van der Waals surface area contributed by atoms with Crippen LogP contribution in [0.5, 0.6) is 0 Å². The average molecular weight is 360 g/mol. The molecule has 2 aromatic heterocycles. The molecule has 144 valence electrons. The van der Waals surface area contributed by atoms with Crippen molar-refractivity contribution >= 4 is 0 Å². The van der Waals surface area contributed by atoms with Gasteiger partial charge in [-0.1, -0.05) is 13.8 Å². The summed E-state index contributed by atoms with van der Waals surface area (Å²) in [6, 6.07) is 0.421. The van der Waals surface area contributed by atoms with Crippen LogP contribution in [0.15, 0.2) is 12.5 Å². The third kappa shape index (κ3) is 3.83. The molecular formula is C19H33N7. The van der Waals surface area contributed by atoms with Crippen molar-refractivity contribution in [3.05, 3.63) is 29.9 Å². The summed E-state index contributed by atoms with van der Waals surface area (Å²) in [6.07, 6.45) is 6.44. The molecule has 1 fully saturated rings. The van der Waals surface area contributed by atoms with Crippen LogP contribution >= 0.6 is 0 Å². The number of likely N-dealkylation sites (tertiary alicyclic amines) is 1. The highest BCUT2D eigenvalue weighted by Crippen LogP contribution is 2.35. The number of aromatic nitrogens is 5. The Morgan fingerprint density at radius 3 is 2.62 bits per heavy atom. The van der Waals surface area contributed by atoms with Gasteiger partial charge in [0.25, 0.3) is 0 Å². The van der Waals surface area contributed by atoms with E-state index in [-0.39, 0.29) is 0 Å². The topological polar surface area (TPSA) is 55.0 Å². The van der Waals surface area contributed by atoms with Crippen molar-refractivity contribution in [3.63, 3.8) is 0 Å². The lowest BCUT2D eigenvalue weighted by Gasteiger charge is -2.40. The minimum absolute atomic E-state index is 0.396. The third-order valence-electron chi connectivity index (χ3n) is 5.64. The number of hydrogen-bond acceptors (Lipinski definition) is 5. The molecule has 2 aromatic rings. The molecule has 7 nitrogen and oxygen atoms in total. The maximum absolute atomic E-state index is 4.41. The summed E-state index contributed by atoms with van der Waals surface area (Å²) in [5.41, 5.74) is 1.31. The molecule has 0 aromatic carbocycles. The van der Waals surface area contributed by atoms with Crippen LogP contribution in [-0.4, -0.2) is 61.3 Å². The van der Waals surface area contributed by atoms with Crippen molar-refractivity contribution in [2.45, 2.75) is 45.2 Å². The summed E-state index contributed by atoms with van der Waals surface area (Å²) < 4.78 is 4.31. The van der Waals surface area contributed by atoms with Crippen molar-refractivity contribution in [1.82, 2.24) is 34.1 Å². The van der Waals surface area contributed by atoms with E-state index in [4.69, 9.17) is 0 Å².